The Balaban J connectivity index is 2.65. The molecule has 0 aliphatic heterocycles. The van der Waals surface area contributed by atoms with Gasteiger partial charge in [0.25, 0.3) is 0 Å². The van der Waals surface area contributed by atoms with Gasteiger partial charge in [-0.2, -0.15) is 0 Å². The predicted molar refractivity (Wildman–Crippen MR) is 67.0 cm³/mol. The summed E-state index contributed by atoms with van der Waals surface area (Å²) in [5, 5.41) is 0. The molecule has 1 aromatic carbocycles. The fourth-order valence-electron chi connectivity index (χ4n) is 1.95. The summed E-state index contributed by atoms with van der Waals surface area (Å²) < 4.78 is 0. The van der Waals surface area contributed by atoms with Crippen LogP contribution in [0.4, 0.5) is 0 Å². The maximum absolute atomic E-state index is 6.21. The molecule has 0 fully saturated rings. The summed E-state index contributed by atoms with van der Waals surface area (Å²) in [5.41, 5.74) is 10.2. The molecule has 0 unspecified atom stereocenters. The number of unbranched alkanes of at least 4 members (excludes halogenated alkanes) is 2. The van der Waals surface area contributed by atoms with Gasteiger partial charge in [0, 0.05) is 6.04 Å². The molecular weight excluding hydrogens is 182 g/mol. The molecule has 1 nitrogen and oxygen atoms in total. The third kappa shape index (κ3) is 3.35. The summed E-state index contributed by atoms with van der Waals surface area (Å²) >= 11 is 0. The summed E-state index contributed by atoms with van der Waals surface area (Å²) in [6, 6.07) is 6.64. The van der Waals surface area contributed by atoms with E-state index in [1.807, 2.05) is 0 Å². The first kappa shape index (κ1) is 12.3. The van der Waals surface area contributed by atoms with Crippen molar-refractivity contribution in [3.8, 4) is 0 Å². The van der Waals surface area contributed by atoms with Gasteiger partial charge in [-0.15, -0.1) is 0 Å². The molecule has 0 saturated heterocycles. The van der Waals surface area contributed by atoms with E-state index < -0.39 is 0 Å². The molecule has 15 heavy (non-hydrogen) atoms. The lowest BCUT2D eigenvalue weighted by Crippen LogP contribution is -2.12. The summed E-state index contributed by atoms with van der Waals surface area (Å²) in [6.45, 7) is 6.55. The summed E-state index contributed by atoms with van der Waals surface area (Å²) in [7, 11) is 0. The lowest BCUT2D eigenvalue weighted by atomic mass is 9.95. The number of nitrogens with two attached hydrogens (primary N) is 1. The van der Waals surface area contributed by atoms with Crippen molar-refractivity contribution in [2.24, 2.45) is 5.73 Å². The highest BCUT2D eigenvalue weighted by Crippen LogP contribution is 2.22. The van der Waals surface area contributed by atoms with E-state index in [0.717, 1.165) is 6.42 Å². The number of rotatable bonds is 5. The Bertz CT molecular complexity index is 304. The Labute approximate surface area is 93.7 Å². The smallest absolute Gasteiger partial charge is 0.0297 e. The summed E-state index contributed by atoms with van der Waals surface area (Å²) in [5.74, 6) is 0. The zero-order valence-corrected chi connectivity index (χ0v) is 10.2. The van der Waals surface area contributed by atoms with Crippen molar-refractivity contribution < 1.29 is 0 Å². The molecule has 1 atom stereocenters. The van der Waals surface area contributed by atoms with Crippen LogP contribution in [-0.4, -0.2) is 0 Å². The van der Waals surface area contributed by atoms with Gasteiger partial charge in [0.1, 0.15) is 0 Å². The van der Waals surface area contributed by atoms with Crippen LogP contribution >= 0.6 is 0 Å². The Morgan fingerprint density at radius 1 is 1.20 bits per heavy atom. The molecule has 1 aromatic rings. The summed E-state index contributed by atoms with van der Waals surface area (Å²) in [6.07, 6.45) is 4.90. The molecule has 1 heteroatoms. The van der Waals surface area contributed by atoms with Gasteiger partial charge in [-0.05, 0) is 37.0 Å². The molecule has 0 spiro atoms. The SMILES string of the molecule is CCCCC[C@@H](N)c1cccc(C)c1C. The van der Waals surface area contributed by atoms with Gasteiger partial charge in [-0.25, -0.2) is 0 Å². The fourth-order valence-corrected chi connectivity index (χ4v) is 1.95. The van der Waals surface area contributed by atoms with Crippen LogP contribution in [0, 0.1) is 13.8 Å². The van der Waals surface area contributed by atoms with E-state index in [1.165, 1.54) is 36.0 Å². The Kier molecular flexibility index (Phi) is 4.83. The zero-order chi connectivity index (χ0) is 11.3. The zero-order valence-electron chi connectivity index (χ0n) is 10.2. The van der Waals surface area contributed by atoms with Gasteiger partial charge in [0.05, 0.1) is 0 Å². The minimum atomic E-state index is 0.219. The molecule has 2 N–H and O–H groups in total. The van der Waals surface area contributed by atoms with Crippen LogP contribution in [-0.2, 0) is 0 Å². The molecular formula is C14H23N. The lowest BCUT2D eigenvalue weighted by Gasteiger charge is -2.15. The second kappa shape index (κ2) is 5.92. The van der Waals surface area contributed by atoms with E-state index in [4.69, 9.17) is 5.73 Å². The van der Waals surface area contributed by atoms with E-state index >= 15 is 0 Å². The average Bonchev–Trinajstić information content (AvgIpc) is 2.22. The van der Waals surface area contributed by atoms with Crippen LogP contribution < -0.4 is 5.73 Å². The van der Waals surface area contributed by atoms with Gasteiger partial charge in [0.2, 0.25) is 0 Å². The minimum absolute atomic E-state index is 0.219. The highest BCUT2D eigenvalue weighted by Gasteiger charge is 2.09. The highest BCUT2D eigenvalue weighted by molar-refractivity contribution is 5.35. The van der Waals surface area contributed by atoms with Crippen LogP contribution in [0.5, 0.6) is 0 Å². The largest absolute Gasteiger partial charge is 0.324 e. The minimum Gasteiger partial charge on any atom is -0.324 e. The van der Waals surface area contributed by atoms with Crippen molar-refractivity contribution in [2.45, 2.75) is 52.5 Å². The lowest BCUT2D eigenvalue weighted by molar-refractivity contribution is 0.579. The van der Waals surface area contributed by atoms with Crippen LogP contribution in [0.2, 0.25) is 0 Å². The van der Waals surface area contributed by atoms with Crippen LogP contribution in [0.3, 0.4) is 0 Å². The third-order valence-corrected chi connectivity index (χ3v) is 3.16. The first-order chi connectivity index (χ1) is 7.16. The van der Waals surface area contributed by atoms with E-state index in [2.05, 4.69) is 39.0 Å². The first-order valence-corrected chi connectivity index (χ1v) is 5.98. The van der Waals surface area contributed by atoms with Crippen LogP contribution in [0.25, 0.3) is 0 Å². The van der Waals surface area contributed by atoms with E-state index in [9.17, 15) is 0 Å². The van der Waals surface area contributed by atoms with E-state index in [-0.39, 0.29) is 6.04 Å². The van der Waals surface area contributed by atoms with Crippen LogP contribution in [0.1, 0.15) is 55.3 Å². The molecule has 0 radical (unpaired) electrons. The Hall–Kier alpha value is -0.820. The van der Waals surface area contributed by atoms with Gasteiger partial charge in [-0.3, -0.25) is 0 Å². The molecule has 0 aliphatic rings. The van der Waals surface area contributed by atoms with Crippen molar-refractivity contribution in [2.75, 3.05) is 0 Å². The molecule has 0 saturated carbocycles. The van der Waals surface area contributed by atoms with Crippen molar-refractivity contribution in [1.29, 1.82) is 0 Å². The molecule has 1 rings (SSSR count). The molecule has 0 bridgehead atoms. The van der Waals surface area contributed by atoms with Crippen molar-refractivity contribution >= 4 is 0 Å². The monoisotopic (exact) mass is 205 g/mol. The number of aryl methyl sites for hydroxylation is 1. The van der Waals surface area contributed by atoms with Crippen molar-refractivity contribution in [3.05, 3.63) is 34.9 Å². The van der Waals surface area contributed by atoms with E-state index in [1.54, 1.807) is 0 Å². The van der Waals surface area contributed by atoms with Crippen LogP contribution in [0.15, 0.2) is 18.2 Å². The highest BCUT2D eigenvalue weighted by atomic mass is 14.6. The fraction of sp³-hybridized carbons (Fsp3) is 0.571. The summed E-state index contributed by atoms with van der Waals surface area (Å²) in [4.78, 5) is 0. The average molecular weight is 205 g/mol. The maximum Gasteiger partial charge on any atom is 0.0297 e. The molecule has 0 aromatic heterocycles. The van der Waals surface area contributed by atoms with E-state index in [0.29, 0.717) is 0 Å². The normalized spacial score (nSPS) is 12.8. The predicted octanol–water partition coefficient (Wildman–Crippen LogP) is 3.88. The maximum atomic E-state index is 6.21. The van der Waals surface area contributed by atoms with Crippen molar-refractivity contribution in [1.82, 2.24) is 0 Å². The quantitative estimate of drug-likeness (QED) is 0.725. The third-order valence-electron chi connectivity index (χ3n) is 3.16. The Morgan fingerprint density at radius 3 is 2.60 bits per heavy atom. The second-order valence-electron chi connectivity index (χ2n) is 4.39. The van der Waals surface area contributed by atoms with Gasteiger partial charge in [-0.1, -0.05) is 44.4 Å². The molecule has 0 heterocycles. The second-order valence-corrected chi connectivity index (χ2v) is 4.39. The number of hydrogen-bond acceptors (Lipinski definition) is 1. The number of hydrogen-bond donors (Lipinski definition) is 1. The molecule has 0 amide bonds. The molecule has 0 aliphatic carbocycles. The topological polar surface area (TPSA) is 26.0 Å². The van der Waals surface area contributed by atoms with Gasteiger partial charge < -0.3 is 5.73 Å². The van der Waals surface area contributed by atoms with Gasteiger partial charge in [0.15, 0.2) is 0 Å². The Morgan fingerprint density at radius 2 is 1.93 bits per heavy atom. The van der Waals surface area contributed by atoms with Gasteiger partial charge >= 0.3 is 0 Å². The first-order valence-electron chi connectivity index (χ1n) is 5.98. The standard InChI is InChI=1S/C14H23N/c1-4-5-6-10-14(15)13-9-7-8-11(2)12(13)3/h7-9,14H,4-6,10,15H2,1-3H3/t14-/m1/s1. The number of benzene rings is 1. The molecule has 84 valence electrons. The van der Waals surface area contributed by atoms with Crippen molar-refractivity contribution in [3.63, 3.8) is 0 Å².